The molecule has 0 unspecified atom stereocenters. The number of rotatable bonds is 4. The zero-order valence-electron chi connectivity index (χ0n) is 11.7. The van der Waals surface area contributed by atoms with E-state index < -0.39 is 18.0 Å². The van der Waals surface area contributed by atoms with Gasteiger partial charge in [-0.2, -0.15) is 13.2 Å². The number of aromatic nitrogens is 3. The molecule has 0 saturated heterocycles. The molecule has 1 aliphatic heterocycles. The third kappa shape index (κ3) is 3.34. The van der Waals surface area contributed by atoms with Crippen LogP contribution in [0.4, 0.5) is 13.2 Å². The van der Waals surface area contributed by atoms with E-state index in [1.54, 1.807) is 0 Å². The number of hydrogen-bond donors (Lipinski definition) is 1. The van der Waals surface area contributed by atoms with Gasteiger partial charge in [-0.05, 0) is 6.42 Å². The third-order valence-corrected chi connectivity index (χ3v) is 3.50. The minimum Gasteiger partial charge on any atom is -0.332 e. The van der Waals surface area contributed by atoms with Gasteiger partial charge in [0.1, 0.15) is 0 Å². The Morgan fingerprint density at radius 3 is 2.71 bits per heavy atom. The van der Waals surface area contributed by atoms with Crippen molar-refractivity contribution < 1.29 is 18.0 Å². The van der Waals surface area contributed by atoms with E-state index >= 15 is 0 Å². The SMILES string of the molecule is CCCC[C@H](N)C(=O)N1CCn2c(nnc2C(F)(F)F)C1. The van der Waals surface area contributed by atoms with E-state index in [4.69, 9.17) is 5.73 Å². The molecule has 0 saturated carbocycles. The number of unbranched alkanes of at least 4 members (excludes halogenated alkanes) is 1. The van der Waals surface area contributed by atoms with Crippen molar-refractivity contribution in [3.63, 3.8) is 0 Å². The fourth-order valence-corrected chi connectivity index (χ4v) is 2.34. The van der Waals surface area contributed by atoms with Crippen molar-refractivity contribution in [3.8, 4) is 0 Å². The maximum absolute atomic E-state index is 12.7. The molecule has 2 heterocycles. The molecular formula is C12H18F3N5O. The van der Waals surface area contributed by atoms with Crippen LogP contribution in [0, 0.1) is 0 Å². The molecule has 6 nitrogen and oxygen atoms in total. The fraction of sp³-hybridized carbons (Fsp3) is 0.750. The quantitative estimate of drug-likeness (QED) is 0.905. The van der Waals surface area contributed by atoms with Crippen molar-refractivity contribution in [2.45, 2.75) is 51.5 Å². The lowest BCUT2D eigenvalue weighted by molar-refractivity contribution is -0.148. The second kappa shape index (κ2) is 6.00. The highest BCUT2D eigenvalue weighted by Crippen LogP contribution is 2.29. The summed E-state index contributed by atoms with van der Waals surface area (Å²) in [7, 11) is 0. The molecule has 1 aromatic heterocycles. The minimum absolute atomic E-state index is 0.0156. The first kappa shape index (κ1) is 15.7. The highest BCUT2D eigenvalue weighted by molar-refractivity contribution is 5.81. The Morgan fingerprint density at radius 2 is 2.10 bits per heavy atom. The van der Waals surface area contributed by atoms with Crippen molar-refractivity contribution in [1.82, 2.24) is 19.7 Å². The highest BCUT2D eigenvalue weighted by Gasteiger charge is 2.40. The van der Waals surface area contributed by atoms with Gasteiger partial charge >= 0.3 is 6.18 Å². The summed E-state index contributed by atoms with van der Waals surface area (Å²) in [5.41, 5.74) is 5.81. The van der Waals surface area contributed by atoms with Crippen LogP contribution in [0.2, 0.25) is 0 Å². The number of amides is 1. The summed E-state index contributed by atoms with van der Waals surface area (Å²) in [6, 6.07) is -0.610. The van der Waals surface area contributed by atoms with E-state index in [0.717, 1.165) is 17.4 Å². The molecule has 0 spiro atoms. The summed E-state index contributed by atoms with van der Waals surface area (Å²) in [5, 5.41) is 6.71. The van der Waals surface area contributed by atoms with Crippen molar-refractivity contribution in [2.24, 2.45) is 5.73 Å². The number of halogens is 3. The normalized spacial score (nSPS) is 16.7. The number of nitrogens with two attached hydrogens (primary N) is 1. The van der Waals surface area contributed by atoms with Crippen LogP contribution >= 0.6 is 0 Å². The van der Waals surface area contributed by atoms with Crippen LogP contribution in [0.5, 0.6) is 0 Å². The van der Waals surface area contributed by atoms with Gasteiger partial charge in [0.05, 0.1) is 12.6 Å². The largest absolute Gasteiger partial charge is 0.451 e. The predicted octanol–water partition coefficient (Wildman–Crippen LogP) is 1.16. The number of alkyl halides is 3. The standard InChI is InChI=1S/C12H18F3N5O/c1-2-3-4-8(16)10(21)19-5-6-20-9(7-19)17-18-11(20)12(13,14)15/h8H,2-7,16H2,1H3/t8-/m0/s1. The number of hydrogen-bond acceptors (Lipinski definition) is 4. The topological polar surface area (TPSA) is 77.0 Å². The monoisotopic (exact) mass is 305 g/mol. The number of nitrogens with zero attached hydrogens (tertiary/aromatic N) is 4. The first-order valence-electron chi connectivity index (χ1n) is 6.88. The Bertz CT molecular complexity index is 513. The van der Waals surface area contributed by atoms with Crippen molar-refractivity contribution in [2.75, 3.05) is 6.54 Å². The van der Waals surface area contributed by atoms with Crippen LogP contribution in [0.15, 0.2) is 0 Å². The van der Waals surface area contributed by atoms with Gasteiger partial charge in [0, 0.05) is 13.1 Å². The molecular weight excluding hydrogens is 287 g/mol. The molecule has 0 bridgehead atoms. The van der Waals surface area contributed by atoms with Gasteiger partial charge in [-0.1, -0.05) is 19.8 Å². The Hall–Kier alpha value is -1.64. The molecule has 118 valence electrons. The molecule has 0 aromatic carbocycles. The zero-order chi connectivity index (χ0) is 15.6. The zero-order valence-corrected chi connectivity index (χ0v) is 11.7. The number of carbonyl (C=O) groups excluding carboxylic acids is 1. The molecule has 21 heavy (non-hydrogen) atoms. The van der Waals surface area contributed by atoms with Gasteiger partial charge in [0.2, 0.25) is 11.7 Å². The second-order valence-electron chi connectivity index (χ2n) is 5.10. The molecule has 0 radical (unpaired) electrons. The summed E-state index contributed by atoms with van der Waals surface area (Å²) in [4.78, 5) is 13.6. The van der Waals surface area contributed by atoms with E-state index in [0.29, 0.717) is 6.42 Å². The van der Waals surface area contributed by atoms with Crippen LogP contribution in [0.25, 0.3) is 0 Å². The lowest BCUT2D eigenvalue weighted by Crippen LogP contribution is -2.47. The van der Waals surface area contributed by atoms with E-state index in [2.05, 4.69) is 10.2 Å². The molecule has 0 fully saturated rings. The first-order valence-corrected chi connectivity index (χ1v) is 6.88. The summed E-state index contributed by atoms with van der Waals surface area (Å²) in [6.07, 6.45) is -2.18. The minimum atomic E-state index is -4.53. The summed E-state index contributed by atoms with van der Waals surface area (Å²) >= 11 is 0. The van der Waals surface area contributed by atoms with Gasteiger partial charge < -0.3 is 15.2 Å². The molecule has 1 atom stereocenters. The van der Waals surface area contributed by atoms with Gasteiger partial charge in [-0.3, -0.25) is 4.79 Å². The van der Waals surface area contributed by atoms with Crippen LogP contribution in [0.3, 0.4) is 0 Å². The molecule has 2 rings (SSSR count). The average Bonchev–Trinajstić information content (AvgIpc) is 2.86. The van der Waals surface area contributed by atoms with Crippen LogP contribution in [-0.4, -0.2) is 38.2 Å². The van der Waals surface area contributed by atoms with Crippen molar-refractivity contribution in [3.05, 3.63) is 11.6 Å². The number of carbonyl (C=O) groups is 1. The second-order valence-corrected chi connectivity index (χ2v) is 5.10. The Morgan fingerprint density at radius 1 is 1.38 bits per heavy atom. The maximum atomic E-state index is 12.7. The molecule has 2 N–H and O–H groups in total. The van der Waals surface area contributed by atoms with Gasteiger partial charge in [-0.15, -0.1) is 10.2 Å². The number of fused-ring (bicyclic) bond motifs is 1. The van der Waals surface area contributed by atoms with Crippen LogP contribution in [-0.2, 0) is 24.1 Å². The van der Waals surface area contributed by atoms with Gasteiger partial charge in [0.25, 0.3) is 0 Å². The van der Waals surface area contributed by atoms with Gasteiger partial charge in [-0.25, -0.2) is 0 Å². The summed E-state index contributed by atoms with van der Waals surface area (Å²) in [5.74, 6) is -1.12. The van der Waals surface area contributed by atoms with E-state index in [1.807, 2.05) is 6.92 Å². The summed E-state index contributed by atoms with van der Waals surface area (Å²) < 4.78 is 39.1. The van der Waals surface area contributed by atoms with Crippen molar-refractivity contribution >= 4 is 5.91 Å². The van der Waals surface area contributed by atoms with E-state index in [1.165, 1.54) is 4.90 Å². The predicted molar refractivity (Wildman–Crippen MR) is 67.9 cm³/mol. The highest BCUT2D eigenvalue weighted by atomic mass is 19.4. The molecule has 1 amide bonds. The molecule has 1 aliphatic rings. The third-order valence-electron chi connectivity index (χ3n) is 3.50. The molecule has 0 aliphatic carbocycles. The van der Waals surface area contributed by atoms with Crippen LogP contribution < -0.4 is 5.73 Å². The van der Waals surface area contributed by atoms with E-state index in [-0.39, 0.29) is 31.4 Å². The Kier molecular flexibility index (Phi) is 4.50. The maximum Gasteiger partial charge on any atom is 0.451 e. The molecule has 1 aromatic rings. The average molecular weight is 305 g/mol. The first-order chi connectivity index (χ1) is 9.84. The van der Waals surface area contributed by atoms with E-state index in [9.17, 15) is 18.0 Å². The Balaban J connectivity index is 2.07. The lowest BCUT2D eigenvalue weighted by atomic mass is 10.1. The van der Waals surface area contributed by atoms with Crippen molar-refractivity contribution in [1.29, 1.82) is 0 Å². The summed E-state index contributed by atoms with van der Waals surface area (Å²) in [6.45, 7) is 2.23. The Labute approximate surface area is 120 Å². The smallest absolute Gasteiger partial charge is 0.332 e. The van der Waals surface area contributed by atoms with Gasteiger partial charge in [0.15, 0.2) is 5.82 Å². The molecule has 9 heteroatoms. The van der Waals surface area contributed by atoms with Crippen LogP contribution in [0.1, 0.15) is 37.8 Å². The fourth-order valence-electron chi connectivity index (χ4n) is 2.34. The lowest BCUT2D eigenvalue weighted by Gasteiger charge is -2.30.